The van der Waals surface area contributed by atoms with Crippen LogP contribution < -0.4 is 10.5 Å². The van der Waals surface area contributed by atoms with Gasteiger partial charge in [-0.2, -0.15) is 5.26 Å². The molecular formula is C2H5N4S+. The van der Waals surface area contributed by atoms with Gasteiger partial charge in [-0.25, -0.2) is 0 Å². The minimum atomic E-state index is -0.202. The molecule has 0 aliphatic rings. The number of hydrogen-bond donors (Lipinski definition) is 3. The van der Waals surface area contributed by atoms with Crippen LogP contribution in [0.3, 0.4) is 0 Å². The van der Waals surface area contributed by atoms with Crippen molar-refractivity contribution >= 4 is 17.9 Å². The zero-order valence-electron chi connectivity index (χ0n) is 4.43. The van der Waals surface area contributed by atoms with Crippen molar-refractivity contribution in [2.75, 3.05) is 0 Å². The Kier molecular flexibility index (Phi) is 2.89. The van der Waals surface area contributed by atoms with E-state index in [2.05, 4.69) is 4.72 Å². The Hall–Kier alpha value is -0.890. The Morgan fingerprint density at radius 3 is 2.86 bits per heavy atom. The highest BCUT2D eigenvalue weighted by molar-refractivity contribution is 8.02. The smallest absolute Gasteiger partial charge is 0.369 e. The number of nitrogens with two attached hydrogens (primary N) is 1. The molecule has 0 bridgehead atoms. The third kappa shape index (κ3) is 5.11. The second kappa shape index (κ2) is 3.31. The highest BCUT2D eigenvalue weighted by atomic mass is 32.2. The van der Waals surface area contributed by atoms with Crippen LogP contribution in [-0.2, 0) is 0 Å². The van der Waals surface area contributed by atoms with Gasteiger partial charge in [0, 0.05) is 0 Å². The number of nitriles is 1. The van der Waals surface area contributed by atoms with Crippen LogP contribution in [0.25, 0.3) is 0 Å². The lowest BCUT2D eigenvalue weighted by molar-refractivity contribution is 1.32. The normalized spacial score (nSPS) is 6.71. The van der Waals surface area contributed by atoms with E-state index >= 15 is 0 Å². The first kappa shape index (κ1) is 6.11. The summed E-state index contributed by atoms with van der Waals surface area (Å²) in [6.07, 6.45) is 0. The van der Waals surface area contributed by atoms with Crippen molar-refractivity contribution in [3.8, 4) is 5.40 Å². The Morgan fingerprint density at radius 1 is 2.14 bits per heavy atom. The molecule has 38 valence electrons. The molecule has 0 aromatic rings. The van der Waals surface area contributed by atoms with Crippen molar-refractivity contribution in [2.24, 2.45) is 5.73 Å². The number of nitrogens with one attached hydrogen (secondary N) is 2. The minimum Gasteiger partial charge on any atom is -0.369 e. The molecule has 0 amide bonds. The minimum absolute atomic E-state index is 0. The largest absolute Gasteiger partial charge is 1.00 e. The Bertz CT molecular complexity index is 107. The van der Waals surface area contributed by atoms with Crippen LogP contribution >= 0.6 is 11.9 Å². The van der Waals surface area contributed by atoms with E-state index in [0.29, 0.717) is 0 Å². The first-order valence-electron chi connectivity index (χ1n) is 1.42. The third-order valence-corrected chi connectivity index (χ3v) is 0.620. The van der Waals surface area contributed by atoms with Gasteiger partial charge in [0.15, 0.2) is 11.4 Å². The number of hydrogen-bond acceptors (Lipinski definition) is 3. The number of rotatable bonds is 1. The average molecular weight is 117 g/mol. The molecule has 0 aliphatic heterocycles. The zero-order valence-corrected chi connectivity index (χ0v) is 4.25. The first-order valence-corrected chi connectivity index (χ1v) is 2.24. The Labute approximate surface area is 46.8 Å². The number of thiocyanates is 1. The predicted molar refractivity (Wildman–Crippen MR) is 29.4 cm³/mol. The number of nitrogens with zero attached hydrogens (tertiary/aromatic N) is 1. The van der Waals surface area contributed by atoms with Gasteiger partial charge in [-0.15, -0.1) is 0 Å². The summed E-state index contributed by atoms with van der Waals surface area (Å²) in [7, 11) is 0. The van der Waals surface area contributed by atoms with Crippen LogP contribution in [0.5, 0.6) is 0 Å². The van der Waals surface area contributed by atoms with Crippen LogP contribution in [0.2, 0.25) is 0 Å². The summed E-state index contributed by atoms with van der Waals surface area (Å²) < 4.78 is 2.21. The van der Waals surface area contributed by atoms with Crippen LogP contribution in [0, 0.1) is 16.1 Å². The molecule has 0 aromatic heterocycles. The molecule has 4 nitrogen and oxygen atoms in total. The summed E-state index contributed by atoms with van der Waals surface area (Å²) in [5, 5.41) is 16.0. The molecule has 5 heteroatoms. The van der Waals surface area contributed by atoms with E-state index in [1.807, 2.05) is 0 Å². The van der Waals surface area contributed by atoms with Crippen LogP contribution in [0.4, 0.5) is 0 Å². The quantitative estimate of drug-likeness (QED) is 0.191. The molecule has 0 aliphatic carbocycles. The van der Waals surface area contributed by atoms with Crippen molar-refractivity contribution in [3.63, 3.8) is 0 Å². The maximum atomic E-state index is 7.81. The Morgan fingerprint density at radius 2 is 2.71 bits per heavy atom. The summed E-state index contributed by atoms with van der Waals surface area (Å²) in [5.41, 5.74) is 4.78. The number of guanidine groups is 1. The lowest BCUT2D eigenvalue weighted by atomic mass is 11.1. The summed E-state index contributed by atoms with van der Waals surface area (Å²) >= 11 is 0.722. The van der Waals surface area contributed by atoms with Gasteiger partial charge in [-0.05, 0) is 0 Å². The SMILES string of the molecule is N#CSNC(=N)N.[H+]. The van der Waals surface area contributed by atoms with E-state index < -0.39 is 0 Å². The second-order valence-electron chi connectivity index (χ2n) is 0.709. The lowest BCUT2D eigenvalue weighted by Crippen LogP contribution is -2.23. The van der Waals surface area contributed by atoms with Gasteiger partial charge in [-0.1, -0.05) is 0 Å². The average Bonchev–Trinajstić information content (AvgIpc) is 1.61. The molecule has 0 saturated carbocycles. The third-order valence-electron chi connectivity index (χ3n) is 0.207. The highest BCUT2D eigenvalue weighted by Crippen LogP contribution is 1.81. The van der Waals surface area contributed by atoms with Crippen LogP contribution in [0.15, 0.2) is 0 Å². The molecular weight excluding hydrogens is 112 g/mol. The topological polar surface area (TPSA) is 85.7 Å². The highest BCUT2D eigenvalue weighted by Gasteiger charge is 1.80. The van der Waals surface area contributed by atoms with E-state index in [4.69, 9.17) is 16.4 Å². The molecule has 0 rings (SSSR count). The van der Waals surface area contributed by atoms with E-state index in [-0.39, 0.29) is 7.39 Å². The molecule has 4 N–H and O–H groups in total. The maximum Gasteiger partial charge on any atom is 1.00 e. The molecule has 0 saturated heterocycles. The first-order chi connectivity index (χ1) is 3.27. The maximum absolute atomic E-state index is 7.81. The summed E-state index contributed by atoms with van der Waals surface area (Å²) in [6, 6.07) is 0. The van der Waals surface area contributed by atoms with Crippen molar-refractivity contribution < 1.29 is 1.43 Å². The van der Waals surface area contributed by atoms with Crippen LogP contribution in [0.1, 0.15) is 1.43 Å². The van der Waals surface area contributed by atoms with Gasteiger partial charge >= 0.3 is 1.43 Å². The van der Waals surface area contributed by atoms with Gasteiger partial charge in [0.25, 0.3) is 0 Å². The van der Waals surface area contributed by atoms with Gasteiger partial charge in [0.2, 0.25) is 0 Å². The van der Waals surface area contributed by atoms with Crippen molar-refractivity contribution in [1.82, 2.24) is 4.72 Å². The molecule has 0 unspecified atom stereocenters. The van der Waals surface area contributed by atoms with Crippen LogP contribution in [-0.4, -0.2) is 5.96 Å². The summed E-state index contributed by atoms with van der Waals surface area (Å²) in [5.74, 6) is -0.202. The summed E-state index contributed by atoms with van der Waals surface area (Å²) in [6.45, 7) is 0. The van der Waals surface area contributed by atoms with Gasteiger partial charge in [0.1, 0.15) is 0 Å². The molecule has 0 radical (unpaired) electrons. The second-order valence-corrected chi connectivity index (χ2v) is 1.30. The van der Waals surface area contributed by atoms with E-state index in [1.165, 1.54) is 0 Å². The van der Waals surface area contributed by atoms with E-state index in [9.17, 15) is 0 Å². The predicted octanol–water partition coefficient (Wildman–Crippen LogP) is -0.289. The van der Waals surface area contributed by atoms with Gasteiger partial charge < -0.3 is 5.73 Å². The fourth-order valence-electron chi connectivity index (χ4n) is 0.0778. The van der Waals surface area contributed by atoms with Gasteiger partial charge in [-0.3, -0.25) is 10.1 Å². The molecule has 0 fully saturated rings. The van der Waals surface area contributed by atoms with E-state index in [1.54, 1.807) is 5.40 Å². The van der Waals surface area contributed by atoms with Crippen molar-refractivity contribution in [1.29, 1.82) is 10.7 Å². The van der Waals surface area contributed by atoms with Crippen molar-refractivity contribution in [3.05, 3.63) is 0 Å². The lowest BCUT2D eigenvalue weighted by Gasteiger charge is -1.89. The zero-order chi connectivity index (χ0) is 5.70. The van der Waals surface area contributed by atoms with Gasteiger partial charge in [0.05, 0.1) is 11.9 Å². The monoisotopic (exact) mass is 117 g/mol. The standard InChI is InChI=1S/C2H4N4S/c3-1-7-6-2(4)5/h(H4,4,5,6)/p+1. The fourth-order valence-corrected chi connectivity index (χ4v) is 0.233. The molecule has 0 spiro atoms. The van der Waals surface area contributed by atoms with Crippen molar-refractivity contribution in [2.45, 2.75) is 0 Å². The Balaban J connectivity index is 0. The fraction of sp³-hybridized carbons (Fsp3) is 0. The molecule has 0 heterocycles. The molecule has 0 aromatic carbocycles. The molecule has 7 heavy (non-hydrogen) atoms. The molecule has 0 atom stereocenters. The summed E-state index contributed by atoms with van der Waals surface area (Å²) in [4.78, 5) is 0. The van der Waals surface area contributed by atoms with E-state index in [0.717, 1.165) is 11.9 Å².